The SMILES string of the molecule is CC(C)(C)c1ccccc1Oc1ncccc1NC(=O)C=Cc1cccc(Br)c1. The predicted molar refractivity (Wildman–Crippen MR) is 121 cm³/mol. The van der Waals surface area contributed by atoms with E-state index in [0.29, 0.717) is 11.6 Å². The van der Waals surface area contributed by atoms with Gasteiger partial charge in [0.2, 0.25) is 11.8 Å². The van der Waals surface area contributed by atoms with E-state index in [2.05, 4.69) is 47.0 Å². The molecule has 0 atom stereocenters. The molecule has 0 saturated heterocycles. The highest BCUT2D eigenvalue weighted by molar-refractivity contribution is 9.10. The number of hydrogen-bond acceptors (Lipinski definition) is 3. The van der Waals surface area contributed by atoms with E-state index in [0.717, 1.165) is 21.3 Å². The Morgan fingerprint density at radius 2 is 1.86 bits per heavy atom. The van der Waals surface area contributed by atoms with E-state index < -0.39 is 0 Å². The molecular formula is C24H23BrN2O2. The Kier molecular flexibility index (Phi) is 6.49. The van der Waals surface area contributed by atoms with Crippen LogP contribution >= 0.6 is 15.9 Å². The van der Waals surface area contributed by atoms with Crippen LogP contribution in [0.3, 0.4) is 0 Å². The van der Waals surface area contributed by atoms with Crippen LogP contribution in [0.1, 0.15) is 31.9 Å². The maximum Gasteiger partial charge on any atom is 0.248 e. The van der Waals surface area contributed by atoms with Gasteiger partial charge in [-0.2, -0.15) is 0 Å². The number of benzene rings is 2. The molecule has 3 rings (SSSR count). The van der Waals surface area contributed by atoms with Crippen molar-refractivity contribution >= 4 is 33.6 Å². The standard InChI is InChI=1S/C24H23BrN2O2/c1-24(2,3)19-10-4-5-12-21(19)29-23-20(11-7-15-26-23)27-22(28)14-13-17-8-6-9-18(25)16-17/h4-16H,1-3H3,(H,27,28). The average Bonchev–Trinajstić information content (AvgIpc) is 2.68. The van der Waals surface area contributed by atoms with Crippen molar-refractivity contribution in [2.24, 2.45) is 0 Å². The van der Waals surface area contributed by atoms with Gasteiger partial charge in [0, 0.05) is 22.3 Å². The van der Waals surface area contributed by atoms with Gasteiger partial charge in [-0.15, -0.1) is 0 Å². The number of nitrogens with one attached hydrogen (secondary N) is 1. The minimum atomic E-state index is -0.257. The average molecular weight is 451 g/mol. The number of pyridine rings is 1. The third-order valence-electron chi connectivity index (χ3n) is 4.21. The van der Waals surface area contributed by atoms with Gasteiger partial charge in [0.15, 0.2) is 0 Å². The maximum atomic E-state index is 12.4. The highest BCUT2D eigenvalue weighted by Gasteiger charge is 2.20. The van der Waals surface area contributed by atoms with Crippen LogP contribution in [0.15, 0.2) is 77.4 Å². The largest absolute Gasteiger partial charge is 0.437 e. The van der Waals surface area contributed by atoms with Crippen LogP contribution < -0.4 is 10.1 Å². The molecule has 2 aromatic carbocycles. The lowest BCUT2D eigenvalue weighted by Crippen LogP contribution is -2.13. The lowest BCUT2D eigenvalue weighted by atomic mass is 9.86. The van der Waals surface area contributed by atoms with E-state index in [1.165, 1.54) is 6.08 Å². The number of carbonyl (C=O) groups is 1. The third-order valence-corrected chi connectivity index (χ3v) is 4.70. The van der Waals surface area contributed by atoms with Crippen molar-refractivity contribution in [2.45, 2.75) is 26.2 Å². The van der Waals surface area contributed by atoms with Crippen molar-refractivity contribution < 1.29 is 9.53 Å². The number of para-hydroxylation sites is 1. The van der Waals surface area contributed by atoms with E-state index in [9.17, 15) is 4.79 Å². The molecule has 1 heterocycles. The summed E-state index contributed by atoms with van der Waals surface area (Å²) in [6.07, 6.45) is 4.88. The molecule has 1 N–H and O–H groups in total. The molecule has 5 heteroatoms. The van der Waals surface area contributed by atoms with Gasteiger partial charge in [-0.1, -0.05) is 67.0 Å². The molecule has 0 aliphatic heterocycles. The fourth-order valence-corrected chi connectivity index (χ4v) is 3.22. The molecule has 0 spiro atoms. The topological polar surface area (TPSA) is 51.2 Å². The van der Waals surface area contributed by atoms with Gasteiger partial charge >= 0.3 is 0 Å². The Bertz CT molecular complexity index is 1040. The van der Waals surface area contributed by atoms with Crippen molar-refractivity contribution in [2.75, 3.05) is 5.32 Å². The fourth-order valence-electron chi connectivity index (χ4n) is 2.80. The van der Waals surface area contributed by atoms with Crippen molar-refractivity contribution in [3.8, 4) is 11.6 Å². The molecule has 0 saturated carbocycles. The second-order valence-corrected chi connectivity index (χ2v) is 8.50. The number of amides is 1. The smallest absolute Gasteiger partial charge is 0.248 e. The molecule has 0 aliphatic carbocycles. The summed E-state index contributed by atoms with van der Waals surface area (Å²) in [6, 6.07) is 19.1. The van der Waals surface area contributed by atoms with E-state index in [-0.39, 0.29) is 11.3 Å². The van der Waals surface area contributed by atoms with Crippen LogP contribution in [0, 0.1) is 0 Å². The first-order valence-electron chi connectivity index (χ1n) is 9.30. The van der Waals surface area contributed by atoms with E-state index in [1.807, 2.05) is 48.5 Å². The van der Waals surface area contributed by atoms with Gasteiger partial charge in [0.05, 0.1) is 0 Å². The minimum absolute atomic E-state index is 0.0819. The van der Waals surface area contributed by atoms with Crippen LogP contribution in [0.25, 0.3) is 6.08 Å². The molecule has 1 aromatic heterocycles. The Morgan fingerprint density at radius 1 is 1.07 bits per heavy atom. The first-order chi connectivity index (χ1) is 13.8. The second-order valence-electron chi connectivity index (χ2n) is 7.58. The summed E-state index contributed by atoms with van der Waals surface area (Å²) in [7, 11) is 0. The van der Waals surface area contributed by atoms with Crippen LogP contribution in [-0.4, -0.2) is 10.9 Å². The monoisotopic (exact) mass is 450 g/mol. The Hall–Kier alpha value is -2.92. The van der Waals surface area contributed by atoms with E-state index in [1.54, 1.807) is 24.4 Å². The fraction of sp³-hybridized carbons (Fsp3) is 0.167. The molecule has 0 unspecified atom stereocenters. The van der Waals surface area contributed by atoms with Gasteiger partial charge in [0.1, 0.15) is 11.4 Å². The number of ether oxygens (including phenoxy) is 1. The van der Waals surface area contributed by atoms with E-state index >= 15 is 0 Å². The number of nitrogens with zero attached hydrogens (tertiary/aromatic N) is 1. The number of aromatic nitrogens is 1. The number of hydrogen-bond donors (Lipinski definition) is 1. The van der Waals surface area contributed by atoms with Gasteiger partial charge in [-0.3, -0.25) is 4.79 Å². The van der Waals surface area contributed by atoms with Crippen LogP contribution in [-0.2, 0) is 10.2 Å². The molecule has 4 nitrogen and oxygen atoms in total. The van der Waals surface area contributed by atoms with Gasteiger partial charge in [-0.05, 0) is 47.4 Å². The normalized spacial score (nSPS) is 11.4. The summed E-state index contributed by atoms with van der Waals surface area (Å²) in [4.78, 5) is 16.7. The Balaban J connectivity index is 1.79. The summed E-state index contributed by atoms with van der Waals surface area (Å²) in [6.45, 7) is 6.38. The second kappa shape index (κ2) is 9.05. The summed E-state index contributed by atoms with van der Waals surface area (Å²) < 4.78 is 7.05. The van der Waals surface area contributed by atoms with Gasteiger partial charge < -0.3 is 10.1 Å². The number of rotatable bonds is 5. The zero-order chi connectivity index (χ0) is 20.9. The van der Waals surface area contributed by atoms with Crippen LogP contribution in [0.5, 0.6) is 11.6 Å². The quantitative estimate of drug-likeness (QED) is 0.446. The lowest BCUT2D eigenvalue weighted by Gasteiger charge is -2.22. The number of carbonyl (C=O) groups excluding carboxylic acids is 1. The molecule has 1 amide bonds. The summed E-state index contributed by atoms with van der Waals surface area (Å²) in [5.74, 6) is 0.819. The van der Waals surface area contributed by atoms with Crippen LogP contribution in [0.4, 0.5) is 5.69 Å². The molecule has 0 aliphatic rings. The summed E-state index contributed by atoms with van der Waals surface area (Å²) in [5, 5.41) is 2.85. The van der Waals surface area contributed by atoms with Gasteiger partial charge in [0.25, 0.3) is 0 Å². The number of anilines is 1. The van der Waals surface area contributed by atoms with Crippen molar-refractivity contribution in [3.63, 3.8) is 0 Å². The summed E-state index contributed by atoms with van der Waals surface area (Å²) >= 11 is 3.42. The molecule has 0 bridgehead atoms. The minimum Gasteiger partial charge on any atom is -0.437 e. The molecule has 3 aromatic rings. The molecular weight excluding hydrogens is 428 g/mol. The number of halogens is 1. The highest BCUT2D eigenvalue weighted by atomic mass is 79.9. The third kappa shape index (κ3) is 5.78. The lowest BCUT2D eigenvalue weighted by molar-refractivity contribution is -0.111. The first-order valence-corrected chi connectivity index (χ1v) is 10.1. The maximum absolute atomic E-state index is 12.4. The van der Waals surface area contributed by atoms with Crippen molar-refractivity contribution in [3.05, 3.63) is 88.5 Å². The van der Waals surface area contributed by atoms with Gasteiger partial charge in [-0.25, -0.2) is 4.98 Å². The molecule has 148 valence electrons. The Morgan fingerprint density at radius 3 is 2.62 bits per heavy atom. The zero-order valence-electron chi connectivity index (χ0n) is 16.6. The van der Waals surface area contributed by atoms with Crippen molar-refractivity contribution in [1.29, 1.82) is 0 Å². The molecule has 0 fully saturated rings. The Labute approximate surface area is 179 Å². The van der Waals surface area contributed by atoms with Crippen LogP contribution in [0.2, 0.25) is 0 Å². The highest BCUT2D eigenvalue weighted by Crippen LogP contribution is 2.35. The molecule has 29 heavy (non-hydrogen) atoms. The zero-order valence-corrected chi connectivity index (χ0v) is 18.2. The first kappa shape index (κ1) is 20.8. The summed E-state index contributed by atoms with van der Waals surface area (Å²) in [5.41, 5.74) is 2.43. The predicted octanol–water partition coefficient (Wildman–Crippen LogP) is 6.59. The molecule has 0 radical (unpaired) electrons. The van der Waals surface area contributed by atoms with E-state index in [4.69, 9.17) is 4.74 Å². The van der Waals surface area contributed by atoms with Crippen molar-refractivity contribution in [1.82, 2.24) is 4.98 Å².